The fourth-order valence-corrected chi connectivity index (χ4v) is 2.46. The van der Waals surface area contributed by atoms with Crippen molar-refractivity contribution >= 4 is 29.6 Å². The molecule has 0 aromatic heterocycles. The molecule has 8 nitrogen and oxygen atoms in total. The van der Waals surface area contributed by atoms with Crippen molar-refractivity contribution in [1.29, 1.82) is 0 Å². The second kappa shape index (κ2) is 9.24. The third kappa shape index (κ3) is 5.61. The van der Waals surface area contributed by atoms with E-state index in [2.05, 4.69) is 15.8 Å². The van der Waals surface area contributed by atoms with E-state index in [1.54, 1.807) is 6.92 Å². The number of phenols is 1. The highest BCUT2D eigenvalue weighted by molar-refractivity contribution is 6.35. The first-order valence-electron chi connectivity index (χ1n) is 7.89. The Morgan fingerprint density at radius 2 is 2.28 bits per heavy atom. The van der Waals surface area contributed by atoms with E-state index < -0.39 is 11.8 Å². The van der Waals surface area contributed by atoms with Gasteiger partial charge in [0.2, 0.25) is 0 Å². The molecule has 25 heavy (non-hydrogen) atoms. The Hall–Kier alpha value is -2.32. The van der Waals surface area contributed by atoms with Gasteiger partial charge in [-0.05, 0) is 37.5 Å². The second-order valence-corrected chi connectivity index (χ2v) is 5.73. The molecule has 1 saturated heterocycles. The summed E-state index contributed by atoms with van der Waals surface area (Å²) in [5, 5.41) is 16.0. The lowest BCUT2D eigenvalue weighted by Gasteiger charge is -2.09. The minimum absolute atomic E-state index is 0.0450. The molecular weight excluding hydrogens is 350 g/mol. The molecule has 2 amide bonds. The molecule has 1 aliphatic heterocycles. The number of phenolic OH excluding ortho intramolecular Hbond substituents is 1. The number of ether oxygens (including phenoxy) is 2. The Morgan fingerprint density at radius 3 is 2.96 bits per heavy atom. The maximum atomic E-state index is 11.7. The second-order valence-electron chi connectivity index (χ2n) is 5.33. The molecule has 1 atom stereocenters. The summed E-state index contributed by atoms with van der Waals surface area (Å²) < 4.78 is 10.6. The van der Waals surface area contributed by atoms with E-state index in [1.165, 1.54) is 18.3 Å². The molecule has 1 aromatic carbocycles. The number of carbonyl (C=O) groups is 2. The van der Waals surface area contributed by atoms with Crippen molar-refractivity contribution in [2.24, 2.45) is 5.10 Å². The van der Waals surface area contributed by atoms with Gasteiger partial charge in [0.05, 0.1) is 23.9 Å². The summed E-state index contributed by atoms with van der Waals surface area (Å²) in [6.45, 7) is 3.09. The normalized spacial score (nSPS) is 16.8. The first-order chi connectivity index (χ1) is 12.0. The summed E-state index contributed by atoms with van der Waals surface area (Å²) in [5.41, 5.74) is 2.62. The molecule has 0 spiro atoms. The molecule has 9 heteroatoms. The van der Waals surface area contributed by atoms with Crippen LogP contribution in [-0.2, 0) is 14.3 Å². The summed E-state index contributed by atoms with van der Waals surface area (Å²) >= 11 is 5.90. The van der Waals surface area contributed by atoms with Crippen molar-refractivity contribution < 1.29 is 24.2 Å². The Balaban J connectivity index is 1.86. The SMILES string of the molecule is CCOc1cc(/C=N\NC(=O)C(=O)NC[C@H]2CCCO2)cc(Cl)c1O. The molecule has 1 aliphatic rings. The van der Waals surface area contributed by atoms with E-state index in [1.807, 2.05) is 0 Å². The number of hydrazone groups is 1. The summed E-state index contributed by atoms with van der Waals surface area (Å²) in [5.74, 6) is -1.63. The molecule has 1 fully saturated rings. The largest absolute Gasteiger partial charge is 0.503 e. The molecule has 0 unspecified atom stereocenters. The van der Waals surface area contributed by atoms with Crippen LogP contribution < -0.4 is 15.5 Å². The third-order valence-corrected chi connectivity index (χ3v) is 3.74. The predicted octanol–water partition coefficient (Wildman–Crippen LogP) is 1.19. The number of amides is 2. The molecule has 136 valence electrons. The van der Waals surface area contributed by atoms with Gasteiger partial charge in [-0.1, -0.05) is 11.6 Å². The summed E-state index contributed by atoms with van der Waals surface area (Å²) in [4.78, 5) is 23.3. The molecule has 0 radical (unpaired) electrons. The molecule has 0 bridgehead atoms. The Labute approximate surface area is 150 Å². The average molecular weight is 370 g/mol. The van der Waals surface area contributed by atoms with Crippen LogP contribution in [0.3, 0.4) is 0 Å². The zero-order valence-electron chi connectivity index (χ0n) is 13.8. The van der Waals surface area contributed by atoms with Crippen LogP contribution in [0.15, 0.2) is 17.2 Å². The number of hydrogen-bond acceptors (Lipinski definition) is 6. The molecule has 1 heterocycles. The van der Waals surface area contributed by atoms with E-state index in [9.17, 15) is 14.7 Å². The first kappa shape index (κ1) is 19.0. The maximum absolute atomic E-state index is 11.7. The van der Waals surface area contributed by atoms with Gasteiger partial charge in [-0.3, -0.25) is 9.59 Å². The lowest BCUT2D eigenvalue weighted by Crippen LogP contribution is -2.41. The van der Waals surface area contributed by atoms with Gasteiger partial charge in [-0.15, -0.1) is 0 Å². The van der Waals surface area contributed by atoms with Crippen LogP contribution in [0, 0.1) is 0 Å². The maximum Gasteiger partial charge on any atom is 0.329 e. The lowest BCUT2D eigenvalue weighted by atomic mass is 10.2. The minimum Gasteiger partial charge on any atom is -0.503 e. The molecule has 2 rings (SSSR count). The van der Waals surface area contributed by atoms with Gasteiger partial charge >= 0.3 is 11.8 Å². The average Bonchev–Trinajstić information content (AvgIpc) is 3.10. The molecule has 0 aliphatic carbocycles. The molecule has 1 aromatic rings. The third-order valence-electron chi connectivity index (χ3n) is 3.45. The smallest absolute Gasteiger partial charge is 0.329 e. The van der Waals surface area contributed by atoms with Crippen LogP contribution in [0.25, 0.3) is 0 Å². The monoisotopic (exact) mass is 369 g/mol. The van der Waals surface area contributed by atoms with Crippen molar-refractivity contribution in [3.05, 3.63) is 22.7 Å². The van der Waals surface area contributed by atoms with Crippen molar-refractivity contribution in [3.63, 3.8) is 0 Å². The molecule has 3 N–H and O–H groups in total. The van der Waals surface area contributed by atoms with Crippen molar-refractivity contribution in [1.82, 2.24) is 10.7 Å². The van der Waals surface area contributed by atoms with Gasteiger partial charge in [-0.25, -0.2) is 5.43 Å². The first-order valence-corrected chi connectivity index (χ1v) is 8.27. The highest BCUT2D eigenvalue weighted by Crippen LogP contribution is 2.34. The van der Waals surface area contributed by atoms with Crippen LogP contribution in [-0.4, -0.2) is 49.0 Å². The van der Waals surface area contributed by atoms with Gasteiger partial charge in [-0.2, -0.15) is 5.10 Å². The molecular formula is C16H20ClN3O5. The number of nitrogens with zero attached hydrogens (tertiary/aromatic N) is 1. The van der Waals surface area contributed by atoms with E-state index in [-0.39, 0.29) is 22.6 Å². The van der Waals surface area contributed by atoms with Gasteiger partial charge in [0.15, 0.2) is 11.5 Å². The highest BCUT2D eigenvalue weighted by Gasteiger charge is 2.19. The number of nitrogens with one attached hydrogen (secondary N) is 2. The van der Waals surface area contributed by atoms with E-state index in [0.29, 0.717) is 25.3 Å². The van der Waals surface area contributed by atoms with Gasteiger partial charge in [0, 0.05) is 13.2 Å². The Morgan fingerprint density at radius 1 is 1.48 bits per heavy atom. The van der Waals surface area contributed by atoms with Crippen LogP contribution in [0.1, 0.15) is 25.3 Å². The number of benzene rings is 1. The highest BCUT2D eigenvalue weighted by atomic mass is 35.5. The van der Waals surface area contributed by atoms with Crippen LogP contribution in [0.4, 0.5) is 0 Å². The fraction of sp³-hybridized carbons (Fsp3) is 0.438. The topological polar surface area (TPSA) is 109 Å². The van der Waals surface area contributed by atoms with Gasteiger partial charge in [0.1, 0.15) is 0 Å². The van der Waals surface area contributed by atoms with Crippen LogP contribution in [0.5, 0.6) is 11.5 Å². The van der Waals surface area contributed by atoms with Crippen LogP contribution >= 0.6 is 11.6 Å². The number of carbonyl (C=O) groups excluding carboxylic acids is 2. The van der Waals surface area contributed by atoms with Crippen molar-refractivity contribution in [3.8, 4) is 11.5 Å². The van der Waals surface area contributed by atoms with E-state index >= 15 is 0 Å². The lowest BCUT2D eigenvalue weighted by molar-refractivity contribution is -0.139. The Kier molecular flexibility index (Phi) is 7.03. The standard InChI is InChI=1S/C16H20ClN3O5/c1-2-24-13-7-10(6-12(17)14(13)21)8-19-20-16(23)15(22)18-9-11-4-3-5-25-11/h6-8,11,21H,2-5,9H2,1H3,(H,18,22)(H,20,23)/b19-8-/t11-/m1/s1. The number of aromatic hydroxyl groups is 1. The molecule has 0 saturated carbocycles. The zero-order valence-corrected chi connectivity index (χ0v) is 14.5. The zero-order chi connectivity index (χ0) is 18.2. The van der Waals surface area contributed by atoms with Crippen LogP contribution in [0.2, 0.25) is 5.02 Å². The van der Waals surface area contributed by atoms with Crippen molar-refractivity contribution in [2.45, 2.75) is 25.9 Å². The predicted molar refractivity (Wildman–Crippen MR) is 92.0 cm³/mol. The van der Waals surface area contributed by atoms with Gasteiger partial charge in [0.25, 0.3) is 0 Å². The quantitative estimate of drug-likeness (QED) is 0.396. The van der Waals surface area contributed by atoms with E-state index in [0.717, 1.165) is 12.8 Å². The summed E-state index contributed by atoms with van der Waals surface area (Å²) in [6, 6.07) is 2.96. The number of halogens is 1. The summed E-state index contributed by atoms with van der Waals surface area (Å²) in [6.07, 6.45) is 3.06. The minimum atomic E-state index is -0.885. The fourth-order valence-electron chi connectivity index (χ4n) is 2.24. The number of hydrogen-bond donors (Lipinski definition) is 3. The van der Waals surface area contributed by atoms with E-state index in [4.69, 9.17) is 21.1 Å². The summed E-state index contributed by atoms with van der Waals surface area (Å²) in [7, 11) is 0. The number of rotatable bonds is 6. The Bertz CT molecular complexity index is 659. The van der Waals surface area contributed by atoms with Gasteiger partial charge < -0.3 is 19.9 Å². The van der Waals surface area contributed by atoms with Crippen molar-refractivity contribution in [2.75, 3.05) is 19.8 Å².